The zero-order valence-corrected chi connectivity index (χ0v) is 6.46. The first-order valence-electron chi connectivity index (χ1n) is 3.41. The Kier molecular flexibility index (Phi) is 2.26. The quantitative estimate of drug-likeness (QED) is 0.489. The van der Waals surface area contributed by atoms with E-state index in [2.05, 4.69) is 6.58 Å². The SMILES string of the molecule is C=C(C)CC(=O)c1ccco1. The average molecular weight is 150 g/mol. The van der Waals surface area contributed by atoms with Crippen molar-refractivity contribution in [3.8, 4) is 0 Å². The van der Waals surface area contributed by atoms with Gasteiger partial charge < -0.3 is 4.42 Å². The highest BCUT2D eigenvalue weighted by Crippen LogP contribution is 2.07. The number of carbonyl (C=O) groups excluding carboxylic acids is 1. The van der Waals surface area contributed by atoms with Crippen molar-refractivity contribution in [3.63, 3.8) is 0 Å². The van der Waals surface area contributed by atoms with Gasteiger partial charge in [0.25, 0.3) is 0 Å². The summed E-state index contributed by atoms with van der Waals surface area (Å²) in [6.45, 7) is 5.46. The Bertz CT molecular complexity index is 257. The predicted octanol–water partition coefficient (Wildman–Crippen LogP) is 2.43. The topological polar surface area (TPSA) is 30.2 Å². The number of hydrogen-bond donors (Lipinski definition) is 0. The standard InChI is InChI=1S/C9H10O2/c1-7(2)6-8(10)9-4-3-5-11-9/h3-5H,1,6H2,2H3. The molecule has 0 aromatic carbocycles. The van der Waals surface area contributed by atoms with Crippen LogP contribution >= 0.6 is 0 Å². The molecule has 0 fully saturated rings. The molecule has 1 heterocycles. The monoisotopic (exact) mass is 150 g/mol. The van der Waals surface area contributed by atoms with Crippen LogP contribution in [0.25, 0.3) is 0 Å². The van der Waals surface area contributed by atoms with Crippen LogP contribution in [0.2, 0.25) is 0 Å². The first-order valence-corrected chi connectivity index (χ1v) is 3.41. The molecule has 1 rings (SSSR count). The summed E-state index contributed by atoms with van der Waals surface area (Å²) in [6.07, 6.45) is 1.86. The van der Waals surface area contributed by atoms with E-state index in [4.69, 9.17) is 4.42 Å². The third kappa shape index (κ3) is 2.08. The Hall–Kier alpha value is -1.31. The lowest BCUT2D eigenvalue weighted by Crippen LogP contribution is -1.96. The van der Waals surface area contributed by atoms with Crippen LogP contribution in [0.3, 0.4) is 0 Å². The maximum atomic E-state index is 11.2. The Morgan fingerprint density at radius 2 is 2.45 bits per heavy atom. The van der Waals surface area contributed by atoms with E-state index >= 15 is 0 Å². The van der Waals surface area contributed by atoms with E-state index in [1.165, 1.54) is 6.26 Å². The highest BCUT2D eigenvalue weighted by Gasteiger charge is 2.07. The largest absolute Gasteiger partial charge is 0.461 e. The lowest BCUT2D eigenvalue weighted by molar-refractivity contribution is 0.0966. The second kappa shape index (κ2) is 3.19. The Balaban J connectivity index is 2.64. The summed E-state index contributed by atoms with van der Waals surface area (Å²) in [7, 11) is 0. The summed E-state index contributed by atoms with van der Waals surface area (Å²) in [5.74, 6) is 0.399. The van der Waals surface area contributed by atoms with Gasteiger partial charge in [0.15, 0.2) is 5.76 Å². The molecule has 0 aliphatic heterocycles. The molecular weight excluding hydrogens is 140 g/mol. The molecule has 11 heavy (non-hydrogen) atoms. The summed E-state index contributed by atoms with van der Waals surface area (Å²) in [5.41, 5.74) is 0.853. The second-order valence-electron chi connectivity index (χ2n) is 2.53. The lowest BCUT2D eigenvalue weighted by atomic mass is 10.1. The van der Waals surface area contributed by atoms with E-state index in [9.17, 15) is 4.79 Å². The third-order valence-corrected chi connectivity index (χ3v) is 1.26. The fraction of sp³-hybridized carbons (Fsp3) is 0.222. The number of allylic oxidation sites excluding steroid dienone is 1. The van der Waals surface area contributed by atoms with Gasteiger partial charge in [-0.25, -0.2) is 0 Å². The number of rotatable bonds is 3. The number of Topliss-reactive ketones (excluding diaryl/α,β-unsaturated/α-hetero) is 1. The predicted molar refractivity (Wildman–Crippen MR) is 42.5 cm³/mol. The molecule has 58 valence electrons. The summed E-state index contributed by atoms with van der Waals surface area (Å²) in [4.78, 5) is 11.2. The van der Waals surface area contributed by atoms with Gasteiger partial charge in [-0.3, -0.25) is 4.79 Å². The minimum absolute atomic E-state index is 0.0116. The summed E-state index contributed by atoms with van der Waals surface area (Å²) in [6, 6.07) is 3.36. The van der Waals surface area contributed by atoms with E-state index in [-0.39, 0.29) is 5.78 Å². The third-order valence-electron chi connectivity index (χ3n) is 1.26. The van der Waals surface area contributed by atoms with E-state index in [1.807, 2.05) is 6.92 Å². The van der Waals surface area contributed by atoms with Crippen molar-refractivity contribution in [1.29, 1.82) is 0 Å². The first-order chi connectivity index (χ1) is 5.20. The molecule has 2 nitrogen and oxygen atoms in total. The molecule has 0 N–H and O–H groups in total. The molecule has 0 spiro atoms. The molecule has 0 atom stereocenters. The van der Waals surface area contributed by atoms with Gasteiger partial charge in [-0.2, -0.15) is 0 Å². The van der Waals surface area contributed by atoms with Crippen molar-refractivity contribution in [3.05, 3.63) is 36.3 Å². The zero-order valence-electron chi connectivity index (χ0n) is 6.46. The van der Waals surface area contributed by atoms with Crippen LogP contribution in [0.1, 0.15) is 23.9 Å². The molecule has 0 saturated carbocycles. The molecule has 0 amide bonds. The Morgan fingerprint density at radius 3 is 2.91 bits per heavy atom. The number of hydrogen-bond acceptors (Lipinski definition) is 2. The van der Waals surface area contributed by atoms with E-state index in [1.54, 1.807) is 12.1 Å². The van der Waals surface area contributed by atoms with Crippen molar-refractivity contribution < 1.29 is 9.21 Å². The van der Waals surface area contributed by atoms with Crippen LogP contribution in [0.5, 0.6) is 0 Å². The lowest BCUT2D eigenvalue weighted by Gasteiger charge is -1.93. The normalized spacial score (nSPS) is 9.55. The highest BCUT2D eigenvalue weighted by molar-refractivity contribution is 5.94. The maximum absolute atomic E-state index is 11.2. The van der Waals surface area contributed by atoms with Crippen LogP contribution in [0.4, 0.5) is 0 Å². The van der Waals surface area contributed by atoms with Gasteiger partial charge in [0.05, 0.1) is 6.26 Å². The van der Waals surface area contributed by atoms with Gasteiger partial charge in [-0.15, -0.1) is 0 Å². The Morgan fingerprint density at radius 1 is 1.73 bits per heavy atom. The molecule has 0 aliphatic rings. The molecule has 1 aromatic rings. The summed E-state index contributed by atoms with van der Waals surface area (Å²) >= 11 is 0. The first kappa shape index (κ1) is 7.79. The van der Waals surface area contributed by atoms with Gasteiger partial charge in [0.1, 0.15) is 0 Å². The van der Waals surface area contributed by atoms with Crippen molar-refractivity contribution in [2.45, 2.75) is 13.3 Å². The second-order valence-corrected chi connectivity index (χ2v) is 2.53. The number of carbonyl (C=O) groups is 1. The minimum atomic E-state index is -0.0116. The van der Waals surface area contributed by atoms with Crippen molar-refractivity contribution in [2.24, 2.45) is 0 Å². The molecule has 0 unspecified atom stereocenters. The molecule has 0 saturated heterocycles. The molecular formula is C9H10O2. The molecule has 0 bridgehead atoms. The van der Waals surface area contributed by atoms with Crippen LogP contribution < -0.4 is 0 Å². The average Bonchev–Trinajstić information content (AvgIpc) is 2.35. The van der Waals surface area contributed by atoms with Crippen molar-refractivity contribution in [2.75, 3.05) is 0 Å². The maximum Gasteiger partial charge on any atom is 0.201 e. The van der Waals surface area contributed by atoms with Gasteiger partial charge in [0.2, 0.25) is 5.78 Å². The van der Waals surface area contributed by atoms with Crippen LogP contribution in [0.15, 0.2) is 35.0 Å². The molecule has 0 radical (unpaired) electrons. The van der Waals surface area contributed by atoms with Gasteiger partial charge >= 0.3 is 0 Å². The van der Waals surface area contributed by atoms with Crippen molar-refractivity contribution in [1.82, 2.24) is 0 Å². The van der Waals surface area contributed by atoms with Gasteiger partial charge in [-0.1, -0.05) is 12.2 Å². The van der Waals surface area contributed by atoms with E-state index in [0.717, 1.165) is 5.57 Å². The molecule has 1 aromatic heterocycles. The van der Waals surface area contributed by atoms with Gasteiger partial charge in [0, 0.05) is 6.42 Å². The Labute approximate surface area is 65.5 Å². The van der Waals surface area contributed by atoms with Crippen LogP contribution in [-0.4, -0.2) is 5.78 Å². The summed E-state index contributed by atoms with van der Waals surface area (Å²) in [5, 5.41) is 0. The van der Waals surface area contributed by atoms with Crippen molar-refractivity contribution >= 4 is 5.78 Å². The fourth-order valence-electron chi connectivity index (χ4n) is 0.798. The van der Waals surface area contributed by atoms with Crippen LogP contribution in [0, 0.1) is 0 Å². The van der Waals surface area contributed by atoms with Gasteiger partial charge in [-0.05, 0) is 19.1 Å². The van der Waals surface area contributed by atoms with E-state index < -0.39 is 0 Å². The molecule has 2 heteroatoms. The van der Waals surface area contributed by atoms with E-state index in [0.29, 0.717) is 12.2 Å². The molecule has 0 aliphatic carbocycles. The zero-order chi connectivity index (χ0) is 8.27. The highest BCUT2D eigenvalue weighted by atomic mass is 16.3. The number of ketones is 1. The smallest absolute Gasteiger partial charge is 0.201 e. The van der Waals surface area contributed by atoms with Crippen LogP contribution in [-0.2, 0) is 0 Å². The fourth-order valence-corrected chi connectivity index (χ4v) is 0.798. The minimum Gasteiger partial charge on any atom is -0.461 e. The summed E-state index contributed by atoms with van der Waals surface area (Å²) < 4.78 is 4.91. The number of furan rings is 1.